The second-order valence-electron chi connectivity index (χ2n) is 2.16. The number of hydrogen-bond acceptors (Lipinski definition) is 2. The van der Waals surface area contributed by atoms with Crippen LogP contribution in [0.5, 0.6) is 0 Å². The molecule has 2 nitrogen and oxygen atoms in total. The van der Waals surface area contributed by atoms with E-state index in [9.17, 15) is 0 Å². The van der Waals surface area contributed by atoms with E-state index in [0.717, 1.165) is 23.6 Å². The lowest BCUT2D eigenvalue weighted by Crippen LogP contribution is -1.88. The molecule has 0 aliphatic heterocycles. The molecule has 0 unspecified atom stereocenters. The highest BCUT2D eigenvalue weighted by Crippen LogP contribution is 2.02. The van der Waals surface area contributed by atoms with Crippen molar-refractivity contribution in [2.45, 2.75) is 26.7 Å². The molecule has 10 heavy (non-hydrogen) atoms. The zero-order valence-corrected chi connectivity index (χ0v) is 7.02. The maximum atomic E-state index is 8.23. The van der Waals surface area contributed by atoms with Crippen molar-refractivity contribution in [1.82, 2.24) is 0 Å². The molecule has 0 heterocycles. The molecule has 0 aromatic rings. The van der Waals surface area contributed by atoms with E-state index in [1.54, 1.807) is 6.92 Å². The molecule has 0 spiro atoms. The van der Waals surface area contributed by atoms with E-state index in [4.69, 9.17) is 16.8 Å². The molecular formula is C7H12ClNO. The highest BCUT2D eigenvalue weighted by molar-refractivity contribution is 6.29. The van der Waals surface area contributed by atoms with Crippen LogP contribution in [0.25, 0.3) is 0 Å². The van der Waals surface area contributed by atoms with Gasteiger partial charge in [-0.2, -0.15) is 0 Å². The summed E-state index contributed by atoms with van der Waals surface area (Å²) in [6.07, 6.45) is 3.50. The van der Waals surface area contributed by atoms with Crippen LogP contribution in [0.15, 0.2) is 16.3 Å². The van der Waals surface area contributed by atoms with Crippen LogP contribution in [0, 0.1) is 0 Å². The molecule has 0 saturated heterocycles. The topological polar surface area (TPSA) is 32.6 Å². The molecule has 1 N–H and O–H groups in total. The molecular weight excluding hydrogens is 150 g/mol. The molecule has 0 radical (unpaired) electrons. The largest absolute Gasteiger partial charge is 0.411 e. The van der Waals surface area contributed by atoms with E-state index in [2.05, 4.69) is 5.16 Å². The smallest absolute Gasteiger partial charge is 0.0543 e. The zero-order valence-electron chi connectivity index (χ0n) is 6.26. The third-order valence-corrected chi connectivity index (χ3v) is 1.26. The van der Waals surface area contributed by atoms with Gasteiger partial charge in [0.1, 0.15) is 0 Å². The van der Waals surface area contributed by atoms with Gasteiger partial charge in [0, 0.05) is 5.03 Å². The Hall–Kier alpha value is -0.500. The van der Waals surface area contributed by atoms with E-state index >= 15 is 0 Å². The summed E-state index contributed by atoms with van der Waals surface area (Å²) in [7, 11) is 0. The average Bonchev–Trinajstić information content (AvgIpc) is 1.87. The van der Waals surface area contributed by atoms with Gasteiger partial charge in [0.2, 0.25) is 0 Å². The molecule has 0 aliphatic carbocycles. The van der Waals surface area contributed by atoms with E-state index in [0.29, 0.717) is 0 Å². The van der Waals surface area contributed by atoms with Crippen LogP contribution < -0.4 is 0 Å². The fourth-order valence-corrected chi connectivity index (χ4v) is 0.639. The Kier molecular flexibility index (Phi) is 5.03. The quantitative estimate of drug-likeness (QED) is 0.385. The summed E-state index contributed by atoms with van der Waals surface area (Å²) in [6, 6.07) is 0. The van der Waals surface area contributed by atoms with Gasteiger partial charge < -0.3 is 5.21 Å². The number of halogens is 1. The Balaban J connectivity index is 3.47. The van der Waals surface area contributed by atoms with E-state index in [1.807, 2.05) is 13.0 Å². The summed E-state index contributed by atoms with van der Waals surface area (Å²) >= 11 is 5.56. The van der Waals surface area contributed by atoms with Crippen LogP contribution in [-0.4, -0.2) is 10.9 Å². The monoisotopic (exact) mass is 161 g/mol. The van der Waals surface area contributed by atoms with Gasteiger partial charge in [-0.15, -0.1) is 0 Å². The number of rotatable bonds is 3. The average molecular weight is 162 g/mol. The molecule has 0 atom stereocenters. The van der Waals surface area contributed by atoms with Crippen LogP contribution >= 0.6 is 11.6 Å². The van der Waals surface area contributed by atoms with Crippen LogP contribution in [0.2, 0.25) is 0 Å². The van der Waals surface area contributed by atoms with Crippen molar-refractivity contribution in [2.75, 3.05) is 0 Å². The Morgan fingerprint density at radius 2 is 2.20 bits per heavy atom. The van der Waals surface area contributed by atoms with Gasteiger partial charge in [-0.1, -0.05) is 22.8 Å². The van der Waals surface area contributed by atoms with Crippen molar-refractivity contribution in [2.24, 2.45) is 5.16 Å². The summed E-state index contributed by atoms with van der Waals surface area (Å²) in [5.74, 6) is 0. The number of hydrogen-bond donors (Lipinski definition) is 1. The third kappa shape index (κ3) is 5.63. The van der Waals surface area contributed by atoms with Gasteiger partial charge in [0.15, 0.2) is 0 Å². The summed E-state index contributed by atoms with van der Waals surface area (Å²) in [5, 5.41) is 12.0. The minimum Gasteiger partial charge on any atom is -0.411 e. The van der Waals surface area contributed by atoms with Crippen molar-refractivity contribution in [1.29, 1.82) is 0 Å². The van der Waals surface area contributed by atoms with Gasteiger partial charge in [-0.05, 0) is 26.7 Å². The van der Waals surface area contributed by atoms with Crippen molar-refractivity contribution in [3.8, 4) is 0 Å². The Morgan fingerprint density at radius 3 is 2.60 bits per heavy atom. The highest BCUT2D eigenvalue weighted by Gasteiger charge is 1.88. The van der Waals surface area contributed by atoms with E-state index < -0.39 is 0 Å². The van der Waals surface area contributed by atoms with Gasteiger partial charge in [0.25, 0.3) is 0 Å². The lowest BCUT2D eigenvalue weighted by molar-refractivity contribution is 0.317. The van der Waals surface area contributed by atoms with Crippen LogP contribution in [-0.2, 0) is 0 Å². The van der Waals surface area contributed by atoms with Crippen LogP contribution in [0.3, 0.4) is 0 Å². The van der Waals surface area contributed by atoms with E-state index in [-0.39, 0.29) is 0 Å². The van der Waals surface area contributed by atoms with Gasteiger partial charge >= 0.3 is 0 Å². The van der Waals surface area contributed by atoms with Gasteiger partial charge in [0.05, 0.1) is 5.71 Å². The standard InChI is InChI=1S/C7H12ClNO/c1-6(8)4-3-5-7(2)9-10/h4,10H,3,5H2,1-2H3/b6-4+,9-7+. The maximum Gasteiger partial charge on any atom is 0.0543 e. The number of allylic oxidation sites excluding steroid dienone is 2. The Bertz CT molecular complexity index is 148. The van der Waals surface area contributed by atoms with Crippen molar-refractivity contribution < 1.29 is 5.21 Å². The Labute approximate surface area is 66.2 Å². The Morgan fingerprint density at radius 1 is 1.60 bits per heavy atom. The van der Waals surface area contributed by atoms with Crippen molar-refractivity contribution >= 4 is 17.3 Å². The first kappa shape index (κ1) is 9.50. The fraction of sp³-hybridized carbons (Fsp3) is 0.571. The molecule has 0 amide bonds. The number of nitrogens with zero attached hydrogens (tertiary/aromatic N) is 1. The second kappa shape index (κ2) is 5.30. The molecule has 0 aromatic carbocycles. The summed E-state index contributed by atoms with van der Waals surface area (Å²) in [5.41, 5.74) is 0.731. The molecule has 0 rings (SSSR count). The molecule has 0 aromatic heterocycles. The fourth-order valence-electron chi connectivity index (χ4n) is 0.530. The second-order valence-corrected chi connectivity index (χ2v) is 2.76. The highest BCUT2D eigenvalue weighted by atomic mass is 35.5. The predicted octanol–water partition coefficient (Wildman–Crippen LogP) is 2.76. The lowest BCUT2D eigenvalue weighted by Gasteiger charge is -1.91. The number of oxime groups is 1. The van der Waals surface area contributed by atoms with Gasteiger partial charge in [-0.3, -0.25) is 0 Å². The summed E-state index contributed by atoms with van der Waals surface area (Å²) < 4.78 is 0. The van der Waals surface area contributed by atoms with Crippen LogP contribution in [0.1, 0.15) is 26.7 Å². The summed E-state index contributed by atoms with van der Waals surface area (Å²) in [6.45, 7) is 3.60. The first-order valence-corrected chi connectivity index (χ1v) is 3.54. The van der Waals surface area contributed by atoms with Crippen molar-refractivity contribution in [3.63, 3.8) is 0 Å². The predicted molar refractivity (Wildman–Crippen MR) is 43.7 cm³/mol. The third-order valence-electron chi connectivity index (χ3n) is 1.10. The minimum atomic E-state index is 0.731. The molecule has 0 saturated carbocycles. The van der Waals surface area contributed by atoms with E-state index in [1.165, 1.54) is 0 Å². The first-order chi connectivity index (χ1) is 4.66. The van der Waals surface area contributed by atoms with Gasteiger partial charge in [-0.25, -0.2) is 0 Å². The molecule has 0 aliphatic rings. The molecule has 58 valence electrons. The zero-order chi connectivity index (χ0) is 7.98. The normalized spacial score (nSPS) is 13.9. The van der Waals surface area contributed by atoms with Crippen LogP contribution in [0.4, 0.5) is 0 Å². The maximum absolute atomic E-state index is 8.23. The lowest BCUT2D eigenvalue weighted by atomic mass is 10.2. The summed E-state index contributed by atoms with van der Waals surface area (Å²) in [4.78, 5) is 0. The minimum absolute atomic E-state index is 0.731. The molecule has 0 bridgehead atoms. The van der Waals surface area contributed by atoms with Crippen molar-refractivity contribution in [3.05, 3.63) is 11.1 Å². The first-order valence-electron chi connectivity index (χ1n) is 3.16. The molecule has 3 heteroatoms. The molecule has 0 fully saturated rings. The SMILES string of the molecule is C/C(Cl)=C\CC/C(C)=N/O.